The summed E-state index contributed by atoms with van der Waals surface area (Å²) in [6, 6.07) is 7.78. The van der Waals surface area contributed by atoms with E-state index in [0.29, 0.717) is 0 Å². The second kappa shape index (κ2) is 4.16. The zero-order valence-electron chi connectivity index (χ0n) is 9.40. The van der Waals surface area contributed by atoms with Gasteiger partial charge >= 0.3 is 5.97 Å². The highest BCUT2D eigenvalue weighted by Crippen LogP contribution is 2.47. The zero-order valence-corrected chi connectivity index (χ0v) is 9.40. The minimum atomic E-state index is -0.720. The summed E-state index contributed by atoms with van der Waals surface area (Å²) in [5, 5.41) is 8.97. The van der Waals surface area contributed by atoms with E-state index in [-0.39, 0.29) is 11.8 Å². The Balaban J connectivity index is 2.29. The number of ether oxygens (including phenoxy) is 1. The summed E-state index contributed by atoms with van der Waals surface area (Å²) >= 11 is 0. The number of rotatable bonds is 4. The predicted octanol–water partition coefficient (Wildman–Crippen LogP) is 2.59. The first kappa shape index (κ1) is 11.0. The normalized spacial score (nSPS) is 17.6. The van der Waals surface area contributed by atoms with Crippen LogP contribution in [-0.4, -0.2) is 18.2 Å². The van der Waals surface area contributed by atoms with Crippen LogP contribution in [0.1, 0.15) is 31.2 Å². The molecule has 3 nitrogen and oxygen atoms in total. The molecule has 0 saturated heterocycles. The van der Waals surface area contributed by atoms with Crippen molar-refractivity contribution < 1.29 is 14.6 Å². The lowest BCUT2D eigenvalue weighted by Crippen LogP contribution is -2.36. The summed E-state index contributed by atoms with van der Waals surface area (Å²) in [7, 11) is 1.63. The molecule has 0 unspecified atom stereocenters. The zero-order chi connectivity index (χ0) is 11.6. The highest BCUT2D eigenvalue weighted by atomic mass is 16.5. The molecule has 0 amide bonds. The van der Waals surface area contributed by atoms with Crippen LogP contribution >= 0.6 is 0 Å². The van der Waals surface area contributed by atoms with Gasteiger partial charge in [0, 0.05) is 5.41 Å². The number of aliphatic carboxylic acids is 1. The van der Waals surface area contributed by atoms with Crippen molar-refractivity contribution in [3.8, 4) is 5.75 Å². The van der Waals surface area contributed by atoms with Gasteiger partial charge in [0.15, 0.2) is 0 Å². The number of methoxy groups -OCH3 is 1. The van der Waals surface area contributed by atoms with Gasteiger partial charge in [0.25, 0.3) is 0 Å². The number of hydrogen-bond acceptors (Lipinski definition) is 2. The van der Waals surface area contributed by atoms with Gasteiger partial charge < -0.3 is 9.84 Å². The molecule has 1 aromatic rings. The second-order valence-electron chi connectivity index (χ2n) is 4.44. The highest BCUT2D eigenvalue weighted by Gasteiger charge is 2.40. The van der Waals surface area contributed by atoms with E-state index in [0.717, 1.165) is 30.6 Å². The molecule has 1 aliphatic carbocycles. The minimum Gasteiger partial charge on any atom is -0.497 e. The van der Waals surface area contributed by atoms with Crippen LogP contribution in [0.4, 0.5) is 0 Å². The maximum Gasteiger partial charge on any atom is 0.304 e. The van der Waals surface area contributed by atoms with Crippen LogP contribution < -0.4 is 4.74 Å². The highest BCUT2D eigenvalue weighted by molar-refractivity contribution is 5.69. The molecule has 0 aromatic heterocycles. The molecule has 0 spiro atoms. The first-order valence-electron chi connectivity index (χ1n) is 5.53. The van der Waals surface area contributed by atoms with Crippen molar-refractivity contribution in [3.63, 3.8) is 0 Å². The molecular weight excluding hydrogens is 204 g/mol. The molecule has 1 aliphatic rings. The van der Waals surface area contributed by atoms with Crippen molar-refractivity contribution in [2.75, 3.05) is 7.11 Å². The predicted molar refractivity (Wildman–Crippen MR) is 60.8 cm³/mol. The summed E-state index contributed by atoms with van der Waals surface area (Å²) in [4.78, 5) is 10.9. The Bertz CT molecular complexity index is 394. The summed E-state index contributed by atoms with van der Waals surface area (Å²) in [5.41, 5.74) is 0.945. The van der Waals surface area contributed by atoms with E-state index in [1.54, 1.807) is 7.11 Å². The fourth-order valence-corrected chi connectivity index (χ4v) is 2.41. The van der Waals surface area contributed by atoms with Crippen LogP contribution in [0.15, 0.2) is 24.3 Å². The smallest absolute Gasteiger partial charge is 0.304 e. The van der Waals surface area contributed by atoms with Crippen LogP contribution in [-0.2, 0) is 10.2 Å². The van der Waals surface area contributed by atoms with Gasteiger partial charge in [-0.1, -0.05) is 18.6 Å². The van der Waals surface area contributed by atoms with Gasteiger partial charge in [0.2, 0.25) is 0 Å². The van der Waals surface area contributed by atoms with Crippen LogP contribution in [0.5, 0.6) is 5.75 Å². The Labute approximate surface area is 95.0 Å². The third-order valence-electron chi connectivity index (χ3n) is 3.48. The van der Waals surface area contributed by atoms with Crippen molar-refractivity contribution in [2.45, 2.75) is 31.1 Å². The summed E-state index contributed by atoms with van der Waals surface area (Å²) in [6.45, 7) is 0. The van der Waals surface area contributed by atoms with E-state index in [9.17, 15) is 4.79 Å². The lowest BCUT2D eigenvalue weighted by atomic mass is 9.62. The fourth-order valence-electron chi connectivity index (χ4n) is 2.41. The molecule has 3 heteroatoms. The molecule has 0 aliphatic heterocycles. The minimum absolute atomic E-state index is 0.152. The quantitative estimate of drug-likeness (QED) is 0.848. The van der Waals surface area contributed by atoms with E-state index in [1.165, 1.54) is 0 Å². The van der Waals surface area contributed by atoms with Gasteiger partial charge in [-0.2, -0.15) is 0 Å². The molecule has 0 atom stereocenters. The number of carbonyl (C=O) groups is 1. The number of carboxylic acids is 1. The molecule has 0 radical (unpaired) electrons. The Morgan fingerprint density at radius 3 is 2.75 bits per heavy atom. The topological polar surface area (TPSA) is 46.5 Å². The van der Waals surface area contributed by atoms with E-state index in [4.69, 9.17) is 9.84 Å². The first-order valence-corrected chi connectivity index (χ1v) is 5.53. The average Bonchev–Trinajstić information content (AvgIpc) is 2.23. The third kappa shape index (κ3) is 1.90. The van der Waals surface area contributed by atoms with Crippen molar-refractivity contribution in [2.24, 2.45) is 0 Å². The third-order valence-corrected chi connectivity index (χ3v) is 3.48. The van der Waals surface area contributed by atoms with E-state index < -0.39 is 5.97 Å². The molecule has 2 rings (SSSR count). The molecule has 1 saturated carbocycles. The van der Waals surface area contributed by atoms with E-state index in [1.807, 2.05) is 24.3 Å². The van der Waals surface area contributed by atoms with Crippen molar-refractivity contribution in [1.82, 2.24) is 0 Å². The molecule has 86 valence electrons. The van der Waals surface area contributed by atoms with Crippen LogP contribution in [0, 0.1) is 0 Å². The van der Waals surface area contributed by atoms with Gasteiger partial charge in [-0.05, 0) is 30.5 Å². The summed E-state index contributed by atoms with van der Waals surface area (Å²) < 4.78 is 5.18. The summed E-state index contributed by atoms with van der Waals surface area (Å²) in [5.74, 6) is 0.0803. The Morgan fingerprint density at radius 2 is 2.25 bits per heavy atom. The number of carboxylic acid groups (broad SMARTS) is 1. The van der Waals surface area contributed by atoms with Crippen molar-refractivity contribution in [3.05, 3.63) is 29.8 Å². The van der Waals surface area contributed by atoms with Crippen molar-refractivity contribution >= 4 is 5.97 Å². The standard InChI is InChI=1S/C13H16O3/c1-16-11-5-2-4-10(8-11)13(6-3-7-13)9-12(14)15/h2,4-5,8H,3,6-7,9H2,1H3,(H,14,15). The maximum absolute atomic E-state index is 10.9. The Kier molecular flexibility index (Phi) is 2.86. The Hall–Kier alpha value is -1.51. The van der Waals surface area contributed by atoms with Gasteiger partial charge in [0.05, 0.1) is 13.5 Å². The maximum atomic E-state index is 10.9. The molecule has 1 aromatic carbocycles. The average molecular weight is 220 g/mol. The Morgan fingerprint density at radius 1 is 1.50 bits per heavy atom. The van der Waals surface area contributed by atoms with Crippen molar-refractivity contribution in [1.29, 1.82) is 0 Å². The molecule has 1 fully saturated rings. The van der Waals surface area contributed by atoms with E-state index >= 15 is 0 Å². The largest absolute Gasteiger partial charge is 0.497 e. The fraction of sp³-hybridized carbons (Fsp3) is 0.462. The second-order valence-corrected chi connectivity index (χ2v) is 4.44. The van der Waals surface area contributed by atoms with Crippen LogP contribution in [0.2, 0.25) is 0 Å². The van der Waals surface area contributed by atoms with Gasteiger partial charge in [0.1, 0.15) is 5.75 Å². The lowest BCUT2D eigenvalue weighted by molar-refractivity contribution is -0.139. The van der Waals surface area contributed by atoms with Gasteiger partial charge in [-0.15, -0.1) is 0 Å². The number of benzene rings is 1. The van der Waals surface area contributed by atoms with Crippen LogP contribution in [0.25, 0.3) is 0 Å². The summed E-state index contributed by atoms with van der Waals surface area (Å²) in [6.07, 6.45) is 3.27. The lowest BCUT2D eigenvalue weighted by Gasteiger charge is -2.41. The molecule has 0 bridgehead atoms. The molecule has 16 heavy (non-hydrogen) atoms. The van der Waals surface area contributed by atoms with Gasteiger partial charge in [-0.3, -0.25) is 4.79 Å². The molecular formula is C13H16O3. The monoisotopic (exact) mass is 220 g/mol. The van der Waals surface area contributed by atoms with Gasteiger partial charge in [-0.25, -0.2) is 0 Å². The molecule has 0 heterocycles. The molecule has 1 N–H and O–H groups in total. The van der Waals surface area contributed by atoms with E-state index in [2.05, 4.69) is 0 Å². The number of hydrogen-bond donors (Lipinski definition) is 1. The SMILES string of the molecule is COc1cccc(C2(CC(=O)O)CCC2)c1. The van der Waals surface area contributed by atoms with Crippen LogP contribution in [0.3, 0.4) is 0 Å². The first-order chi connectivity index (χ1) is 7.66.